The molecule has 110 valence electrons. The lowest BCUT2D eigenvalue weighted by molar-refractivity contribution is -0.157. The van der Waals surface area contributed by atoms with Gasteiger partial charge in [0.25, 0.3) is 0 Å². The van der Waals surface area contributed by atoms with Crippen molar-refractivity contribution in [1.82, 2.24) is 9.80 Å². The van der Waals surface area contributed by atoms with Crippen LogP contribution in [0.1, 0.15) is 25.3 Å². The fourth-order valence-electron chi connectivity index (χ4n) is 2.67. The summed E-state index contributed by atoms with van der Waals surface area (Å²) in [5, 5.41) is 9.38. The molecule has 0 aliphatic carbocycles. The molecule has 2 rings (SSSR count). The molecule has 0 bridgehead atoms. The molecule has 1 heterocycles. The Morgan fingerprint density at radius 1 is 1.29 bits per heavy atom. The lowest BCUT2D eigenvalue weighted by atomic mass is 9.92. The van der Waals surface area contributed by atoms with Crippen molar-refractivity contribution in [3.63, 3.8) is 0 Å². The van der Waals surface area contributed by atoms with Gasteiger partial charge >= 0.3 is 0 Å². The van der Waals surface area contributed by atoms with Crippen LogP contribution in [0.15, 0.2) is 30.3 Å². The number of nitrogens with zero attached hydrogens (tertiary/aromatic N) is 3. The molecule has 1 aromatic carbocycles. The first kappa shape index (κ1) is 15.0. The molecule has 1 saturated heterocycles. The van der Waals surface area contributed by atoms with Crippen LogP contribution >= 0.6 is 0 Å². The van der Waals surface area contributed by atoms with Gasteiger partial charge in [-0.05, 0) is 19.4 Å². The maximum absolute atomic E-state index is 12.7. The summed E-state index contributed by atoms with van der Waals surface area (Å²) in [5.74, 6) is -1.29. The molecule has 1 aliphatic heterocycles. The third kappa shape index (κ3) is 2.62. The van der Waals surface area contributed by atoms with Gasteiger partial charge in [-0.1, -0.05) is 30.3 Å². The molecule has 1 atom stereocenters. The van der Waals surface area contributed by atoms with E-state index >= 15 is 0 Å². The zero-order chi connectivity index (χ0) is 15.6. The van der Waals surface area contributed by atoms with E-state index in [1.165, 1.54) is 4.90 Å². The number of amides is 2. The molecule has 1 aromatic rings. The van der Waals surface area contributed by atoms with E-state index in [0.717, 1.165) is 0 Å². The molecule has 5 nitrogen and oxygen atoms in total. The first-order valence-corrected chi connectivity index (χ1v) is 6.91. The van der Waals surface area contributed by atoms with Crippen molar-refractivity contribution in [1.29, 1.82) is 5.26 Å². The Kier molecular flexibility index (Phi) is 3.99. The van der Waals surface area contributed by atoms with Crippen LogP contribution < -0.4 is 0 Å². The SMILES string of the molecule is CN1CCN(C(=O)C(C#N)c2ccccc2)C(C)(C)C1=O. The van der Waals surface area contributed by atoms with Gasteiger partial charge < -0.3 is 9.80 Å². The van der Waals surface area contributed by atoms with E-state index in [1.807, 2.05) is 6.07 Å². The van der Waals surface area contributed by atoms with Crippen LogP contribution in [0.25, 0.3) is 0 Å². The van der Waals surface area contributed by atoms with E-state index in [4.69, 9.17) is 0 Å². The van der Waals surface area contributed by atoms with Gasteiger partial charge in [0.05, 0.1) is 6.07 Å². The number of carbonyl (C=O) groups is 2. The second-order valence-electron chi connectivity index (χ2n) is 5.75. The highest BCUT2D eigenvalue weighted by Gasteiger charge is 2.44. The van der Waals surface area contributed by atoms with Crippen molar-refractivity contribution in [3.05, 3.63) is 35.9 Å². The number of carbonyl (C=O) groups excluding carboxylic acids is 2. The second-order valence-corrected chi connectivity index (χ2v) is 5.75. The third-order valence-corrected chi connectivity index (χ3v) is 3.98. The average molecular weight is 285 g/mol. The van der Waals surface area contributed by atoms with Gasteiger partial charge in [0.1, 0.15) is 11.5 Å². The topological polar surface area (TPSA) is 64.4 Å². The Morgan fingerprint density at radius 3 is 2.48 bits per heavy atom. The highest BCUT2D eigenvalue weighted by atomic mass is 16.2. The number of rotatable bonds is 2. The molecule has 21 heavy (non-hydrogen) atoms. The standard InChI is InChI=1S/C16H19N3O2/c1-16(2)15(21)18(3)9-10-19(16)14(20)13(11-17)12-7-5-4-6-8-12/h4-8,13H,9-10H2,1-3H3. The van der Waals surface area contributed by atoms with Crippen LogP contribution in [0.3, 0.4) is 0 Å². The molecule has 0 spiro atoms. The number of hydrogen-bond acceptors (Lipinski definition) is 3. The summed E-state index contributed by atoms with van der Waals surface area (Å²) < 4.78 is 0. The molecular formula is C16H19N3O2. The van der Waals surface area contributed by atoms with E-state index in [2.05, 4.69) is 6.07 Å². The van der Waals surface area contributed by atoms with Crippen LogP contribution in [0.5, 0.6) is 0 Å². The van der Waals surface area contributed by atoms with Crippen LogP contribution in [0, 0.1) is 11.3 Å². The average Bonchev–Trinajstić information content (AvgIpc) is 2.46. The monoisotopic (exact) mass is 285 g/mol. The summed E-state index contributed by atoms with van der Waals surface area (Å²) in [6, 6.07) is 11.0. The van der Waals surface area contributed by atoms with Gasteiger partial charge in [-0.2, -0.15) is 5.26 Å². The largest absolute Gasteiger partial charge is 0.342 e. The van der Waals surface area contributed by atoms with E-state index in [1.54, 1.807) is 50.1 Å². The van der Waals surface area contributed by atoms with Crippen molar-refractivity contribution in [2.24, 2.45) is 0 Å². The summed E-state index contributed by atoms with van der Waals surface area (Å²) in [4.78, 5) is 28.1. The summed E-state index contributed by atoms with van der Waals surface area (Å²) >= 11 is 0. The molecule has 0 saturated carbocycles. The smallest absolute Gasteiger partial charge is 0.247 e. The highest BCUT2D eigenvalue weighted by molar-refractivity contribution is 5.95. The quantitative estimate of drug-likeness (QED) is 0.824. The minimum absolute atomic E-state index is 0.105. The Bertz CT molecular complexity index is 589. The van der Waals surface area contributed by atoms with Gasteiger partial charge in [0.15, 0.2) is 0 Å². The molecule has 1 aliphatic rings. The summed E-state index contributed by atoms with van der Waals surface area (Å²) in [7, 11) is 1.73. The van der Waals surface area contributed by atoms with Gasteiger partial charge in [-0.3, -0.25) is 9.59 Å². The number of hydrogen-bond donors (Lipinski definition) is 0. The number of likely N-dealkylation sites (N-methyl/N-ethyl adjacent to an activating group) is 1. The summed E-state index contributed by atoms with van der Waals surface area (Å²) in [5.41, 5.74) is -0.263. The van der Waals surface area contributed by atoms with E-state index in [-0.39, 0.29) is 11.8 Å². The van der Waals surface area contributed by atoms with Crippen LogP contribution in [0.2, 0.25) is 0 Å². The minimum Gasteiger partial charge on any atom is -0.342 e. The van der Waals surface area contributed by atoms with E-state index in [9.17, 15) is 14.9 Å². The molecular weight excluding hydrogens is 266 g/mol. The van der Waals surface area contributed by atoms with Crippen molar-refractivity contribution < 1.29 is 9.59 Å². The lowest BCUT2D eigenvalue weighted by Gasteiger charge is -2.45. The Morgan fingerprint density at radius 2 is 1.90 bits per heavy atom. The fourth-order valence-corrected chi connectivity index (χ4v) is 2.67. The maximum atomic E-state index is 12.7. The van der Waals surface area contributed by atoms with Crippen LogP contribution in [0.4, 0.5) is 0 Å². The Labute approximate surface area is 124 Å². The Hall–Kier alpha value is -2.35. The van der Waals surface area contributed by atoms with Gasteiger partial charge in [0.2, 0.25) is 11.8 Å². The van der Waals surface area contributed by atoms with Crippen LogP contribution in [-0.4, -0.2) is 47.3 Å². The van der Waals surface area contributed by atoms with Crippen molar-refractivity contribution >= 4 is 11.8 Å². The fraction of sp³-hybridized carbons (Fsp3) is 0.438. The molecule has 0 radical (unpaired) electrons. The maximum Gasteiger partial charge on any atom is 0.247 e. The molecule has 0 aromatic heterocycles. The molecule has 1 unspecified atom stereocenters. The second kappa shape index (κ2) is 5.57. The number of benzene rings is 1. The van der Waals surface area contributed by atoms with Gasteiger partial charge in [0, 0.05) is 20.1 Å². The predicted molar refractivity (Wildman–Crippen MR) is 78.2 cm³/mol. The number of piperazine rings is 1. The van der Waals surface area contributed by atoms with Gasteiger partial charge in [-0.25, -0.2) is 0 Å². The van der Waals surface area contributed by atoms with Crippen molar-refractivity contribution in [2.45, 2.75) is 25.3 Å². The highest BCUT2D eigenvalue weighted by Crippen LogP contribution is 2.27. The summed E-state index contributed by atoms with van der Waals surface area (Å²) in [6.45, 7) is 4.38. The van der Waals surface area contributed by atoms with E-state index in [0.29, 0.717) is 18.7 Å². The van der Waals surface area contributed by atoms with Crippen molar-refractivity contribution in [2.75, 3.05) is 20.1 Å². The lowest BCUT2D eigenvalue weighted by Crippen LogP contribution is -2.64. The van der Waals surface area contributed by atoms with Crippen LogP contribution in [-0.2, 0) is 9.59 Å². The number of nitriles is 1. The molecule has 0 N–H and O–H groups in total. The molecule has 1 fully saturated rings. The zero-order valence-electron chi connectivity index (χ0n) is 12.5. The summed E-state index contributed by atoms with van der Waals surface area (Å²) in [6.07, 6.45) is 0. The van der Waals surface area contributed by atoms with Gasteiger partial charge in [-0.15, -0.1) is 0 Å². The van der Waals surface area contributed by atoms with Crippen molar-refractivity contribution in [3.8, 4) is 6.07 Å². The third-order valence-electron chi connectivity index (χ3n) is 3.98. The molecule has 2 amide bonds. The minimum atomic E-state index is -0.923. The first-order chi connectivity index (χ1) is 9.89. The Balaban J connectivity index is 2.31. The molecule has 5 heteroatoms. The zero-order valence-corrected chi connectivity index (χ0v) is 12.5. The first-order valence-electron chi connectivity index (χ1n) is 6.91. The predicted octanol–water partition coefficient (Wildman–Crippen LogP) is 1.37. The van der Waals surface area contributed by atoms with E-state index < -0.39 is 11.5 Å². The normalized spacial score (nSPS) is 19.0.